The Morgan fingerprint density at radius 1 is 0.889 bits per heavy atom. The van der Waals surface area contributed by atoms with E-state index in [1.54, 1.807) is 39.9 Å². The van der Waals surface area contributed by atoms with Gasteiger partial charge in [0.05, 0.1) is 21.3 Å². The van der Waals surface area contributed by atoms with Crippen molar-refractivity contribution in [3.05, 3.63) is 105 Å². The predicted octanol–water partition coefficient (Wildman–Crippen LogP) is 5.72. The Hall–Kier alpha value is -3.88. The third-order valence-electron chi connectivity index (χ3n) is 6.12. The van der Waals surface area contributed by atoms with Crippen molar-refractivity contribution in [2.75, 3.05) is 31.1 Å². The lowest BCUT2D eigenvalue weighted by atomic mass is 10.1. The summed E-state index contributed by atoms with van der Waals surface area (Å²) in [5.74, 6) is -0.165. The molecule has 1 saturated heterocycles. The number of carbonyl (C=O) groups excluding carboxylic acids is 1. The summed E-state index contributed by atoms with van der Waals surface area (Å²) in [5.41, 5.74) is 3.13. The Labute approximate surface area is 217 Å². The van der Waals surface area contributed by atoms with Gasteiger partial charge in [-0.25, -0.2) is 4.68 Å². The van der Waals surface area contributed by atoms with Crippen LogP contribution in [0.3, 0.4) is 0 Å². The Morgan fingerprint density at radius 2 is 1.61 bits per heavy atom. The lowest BCUT2D eigenvalue weighted by molar-refractivity contribution is -0.384. The first-order chi connectivity index (χ1) is 17.4. The molecule has 0 N–H and O–H groups in total. The zero-order chi connectivity index (χ0) is 25.2. The van der Waals surface area contributed by atoms with Gasteiger partial charge in [0.2, 0.25) is 0 Å². The van der Waals surface area contributed by atoms with E-state index in [4.69, 9.17) is 23.2 Å². The number of halogens is 2. The molecule has 1 amide bonds. The van der Waals surface area contributed by atoms with E-state index in [9.17, 15) is 14.9 Å². The van der Waals surface area contributed by atoms with Crippen LogP contribution in [0.2, 0.25) is 10.0 Å². The molecule has 0 radical (unpaired) electrons. The summed E-state index contributed by atoms with van der Waals surface area (Å²) in [4.78, 5) is 28.3. The number of aromatic nitrogens is 2. The van der Waals surface area contributed by atoms with Crippen LogP contribution in [0.15, 0.2) is 78.9 Å². The molecule has 8 nitrogen and oxygen atoms in total. The van der Waals surface area contributed by atoms with E-state index in [2.05, 4.69) is 10.00 Å². The zero-order valence-corrected chi connectivity index (χ0v) is 20.6. The molecule has 0 atom stereocenters. The van der Waals surface area contributed by atoms with Crippen LogP contribution in [0.1, 0.15) is 10.5 Å². The van der Waals surface area contributed by atoms with Gasteiger partial charge in [0.15, 0.2) is 0 Å². The Bertz CT molecular complexity index is 1430. The average Bonchev–Trinajstić information content (AvgIpc) is 3.34. The van der Waals surface area contributed by atoms with E-state index >= 15 is 0 Å². The van der Waals surface area contributed by atoms with E-state index in [0.717, 1.165) is 5.69 Å². The van der Waals surface area contributed by atoms with Gasteiger partial charge in [-0.15, -0.1) is 0 Å². The molecular formula is C26H21Cl2N5O3. The van der Waals surface area contributed by atoms with Crippen molar-refractivity contribution >= 4 is 40.5 Å². The van der Waals surface area contributed by atoms with Crippen LogP contribution in [0.5, 0.6) is 0 Å². The number of para-hydroxylation sites is 1. The fraction of sp³-hybridized carbons (Fsp3) is 0.154. The highest BCUT2D eigenvalue weighted by atomic mass is 35.5. The van der Waals surface area contributed by atoms with Crippen molar-refractivity contribution < 1.29 is 9.72 Å². The van der Waals surface area contributed by atoms with Crippen LogP contribution in [-0.2, 0) is 0 Å². The quantitative estimate of drug-likeness (QED) is 0.247. The Balaban J connectivity index is 1.45. The molecule has 10 heteroatoms. The lowest BCUT2D eigenvalue weighted by Gasteiger charge is -2.36. The normalized spacial score (nSPS) is 13.6. The minimum absolute atomic E-state index is 0.0156. The van der Waals surface area contributed by atoms with Gasteiger partial charge >= 0.3 is 0 Å². The van der Waals surface area contributed by atoms with Crippen molar-refractivity contribution in [1.82, 2.24) is 14.7 Å². The average molecular weight is 522 g/mol. The van der Waals surface area contributed by atoms with Gasteiger partial charge in [0.25, 0.3) is 11.6 Å². The smallest absolute Gasteiger partial charge is 0.272 e. The Morgan fingerprint density at radius 3 is 2.28 bits per heavy atom. The second-order valence-corrected chi connectivity index (χ2v) is 9.18. The number of non-ortho nitro benzene ring substituents is 1. The highest BCUT2D eigenvalue weighted by Crippen LogP contribution is 2.28. The van der Waals surface area contributed by atoms with Crippen LogP contribution in [-0.4, -0.2) is 51.7 Å². The van der Waals surface area contributed by atoms with Crippen LogP contribution >= 0.6 is 23.2 Å². The first-order valence-electron chi connectivity index (χ1n) is 11.3. The van der Waals surface area contributed by atoms with Crippen LogP contribution in [0, 0.1) is 10.1 Å². The minimum atomic E-state index is -0.454. The number of hydrogen-bond acceptors (Lipinski definition) is 5. The molecule has 1 aliphatic heterocycles. The van der Waals surface area contributed by atoms with Crippen molar-refractivity contribution in [1.29, 1.82) is 0 Å². The molecular weight excluding hydrogens is 501 g/mol. The van der Waals surface area contributed by atoms with Crippen molar-refractivity contribution in [3.8, 4) is 16.9 Å². The van der Waals surface area contributed by atoms with Gasteiger partial charge in [-0.05, 0) is 48.5 Å². The van der Waals surface area contributed by atoms with Gasteiger partial charge in [0.1, 0.15) is 5.69 Å². The molecule has 3 aromatic carbocycles. The summed E-state index contributed by atoms with van der Waals surface area (Å²) in [5, 5.41) is 16.8. The third-order valence-corrected chi connectivity index (χ3v) is 6.68. The molecule has 36 heavy (non-hydrogen) atoms. The maximum absolute atomic E-state index is 13.7. The highest BCUT2D eigenvalue weighted by molar-refractivity contribution is 6.32. The molecule has 1 fully saturated rings. The van der Waals surface area contributed by atoms with Crippen molar-refractivity contribution in [2.24, 2.45) is 0 Å². The topological polar surface area (TPSA) is 84.5 Å². The van der Waals surface area contributed by atoms with Crippen molar-refractivity contribution in [2.45, 2.75) is 0 Å². The SMILES string of the molecule is O=C(c1cc(-c2ccc([N+](=O)[O-])cc2)nn1-c1ccccc1Cl)N1CCN(c2cccc(Cl)c2)CC1. The third kappa shape index (κ3) is 4.78. The van der Waals surface area contributed by atoms with E-state index in [1.165, 1.54) is 12.1 Å². The van der Waals surface area contributed by atoms with Gasteiger partial charge in [0, 0.05) is 54.6 Å². The number of nitro groups is 1. The van der Waals surface area contributed by atoms with Crippen molar-refractivity contribution in [3.63, 3.8) is 0 Å². The fourth-order valence-electron chi connectivity index (χ4n) is 4.24. The minimum Gasteiger partial charge on any atom is -0.368 e. The zero-order valence-electron chi connectivity index (χ0n) is 19.1. The summed E-state index contributed by atoms with van der Waals surface area (Å²) >= 11 is 12.6. The van der Waals surface area contributed by atoms with Gasteiger partial charge < -0.3 is 9.80 Å². The molecule has 1 aliphatic rings. The van der Waals surface area contributed by atoms with E-state index < -0.39 is 4.92 Å². The molecule has 0 spiro atoms. The number of nitrogens with zero attached hydrogens (tertiary/aromatic N) is 5. The maximum atomic E-state index is 13.7. The molecule has 0 saturated carbocycles. The number of amides is 1. The monoisotopic (exact) mass is 521 g/mol. The largest absolute Gasteiger partial charge is 0.368 e. The van der Waals surface area contributed by atoms with E-state index in [1.807, 2.05) is 36.4 Å². The number of nitro benzene ring substituents is 1. The number of hydrogen-bond donors (Lipinski definition) is 0. The lowest BCUT2D eigenvalue weighted by Crippen LogP contribution is -2.49. The molecule has 1 aromatic heterocycles. The summed E-state index contributed by atoms with van der Waals surface area (Å²) in [6, 6.07) is 22.6. The maximum Gasteiger partial charge on any atom is 0.272 e. The van der Waals surface area contributed by atoms with E-state index in [-0.39, 0.29) is 11.6 Å². The second-order valence-electron chi connectivity index (χ2n) is 8.34. The first kappa shape index (κ1) is 23.8. The molecule has 0 unspecified atom stereocenters. The van der Waals surface area contributed by atoms with Gasteiger partial charge in [-0.3, -0.25) is 14.9 Å². The molecule has 0 aliphatic carbocycles. The van der Waals surface area contributed by atoms with Gasteiger partial charge in [-0.2, -0.15) is 5.10 Å². The Kier molecular flexibility index (Phi) is 6.63. The first-order valence-corrected chi connectivity index (χ1v) is 12.1. The van der Waals surface area contributed by atoms with Gasteiger partial charge in [-0.1, -0.05) is 41.4 Å². The second kappa shape index (κ2) is 10.0. The standard InChI is InChI=1S/C26H21Cl2N5O3/c27-19-4-3-5-21(16-19)30-12-14-31(15-13-30)26(34)25-17-23(18-8-10-20(11-9-18)33(35)36)29-32(25)24-7-2-1-6-22(24)28/h1-11,16-17H,12-15H2. The molecule has 0 bridgehead atoms. The number of rotatable bonds is 5. The predicted molar refractivity (Wildman–Crippen MR) is 140 cm³/mol. The number of piperazine rings is 1. The summed E-state index contributed by atoms with van der Waals surface area (Å²) < 4.78 is 1.55. The van der Waals surface area contributed by atoms with E-state index in [0.29, 0.717) is 58.9 Å². The number of anilines is 1. The summed E-state index contributed by atoms with van der Waals surface area (Å²) in [6.07, 6.45) is 0. The molecule has 5 rings (SSSR count). The number of benzene rings is 3. The summed E-state index contributed by atoms with van der Waals surface area (Å²) in [7, 11) is 0. The van der Waals surface area contributed by atoms with Crippen LogP contribution < -0.4 is 4.90 Å². The molecule has 4 aromatic rings. The number of carbonyl (C=O) groups is 1. The molecule has 182 valence electrons. The highest BCUT2D eigenvalue weighted by Gasteiger charge is 2.27. The fourth-order valence-corrected chi connectivity index (χ4v) is 4.64. The molecule has 2 heterocycles. The summed E-state index contributed by atoms with van der Waals surface area (Å²) in [6.45, 7) is 2.40. The van der Waals surface area contributed by atoms with Crippen LogP contribution in [0.25, 0.3) is 16.9 Å². The van der Waals surface area contributed by atoms with Crippen LogP contribution in [0.4, 0.5) is 11.4 Å².